The minimum absolute atomic E-state index is 0.729. The average molecular weight is 239 g/mol. The van der Waals surface area contributed by atoms with Gasteiger partial charge >= 0.3 is 0 Å². The molecule has 0 amide bonds. The van der Waals surface area contributed by atoms with Gasteiger partial charge in [0.05, 0.1) is 0 Å². The molecule has 5 heteroatoms. The van der Waals surface area contributed by atoms with Crippen molar-refractivity contribution in [1.82, 2.24) is 15.5 Å². The van der Waals surface area contributed by atoms with E-state index in [-0.39, 0.29) is 0 Å². The molecule has 0 spiro atoms. The van der Waals surface area contributed by atoms with Gasteiger partial charge in [-0.3, -0.25) is 0 Å². The number of aromatic nitrogens is 2. The van der Waals surface area contributed by atoms with Crippen LogP contribution in [0.4, 0.5) is 0 Å². The lowest BCUT2D eigenvalue weighted by Crippen LogP contribution is -2.17. The summed E-state index contributed by atoms with van der Waals surface area (Å²) in [7, 11) is 1.70. The smallest absolute Gasteiger partial charge is 0.216 e. The summed E-state index contributed by atoms with van der Waals surface area (Å²) in [6, 6.07) is 0.780. The van der Waals surface area contributed by atoms with Crippen LogP contribution in [0.15, 0.2) is 4.42 Å². The van der Waals surface area contributed by atoms with Crippen molar-refractivity contribution in [3.8, 4) is 0 Å². The molecular formula is C12H21N3O2. The van der Waals surface area contributed by atoms with Crippen molar-refractivity contribution in [3.63, 3.8) is 0 Å². The topological polar surface area (TPSA) is 60.2 Å². The lowest BCUT2D eigenvalue weighted by Gasteiger charge is -1.99. The standard InChI is InChI=1S/C12H21N3O2/c1-16-9-3-5-12-15-14-11(17-12)4-2-8-13-10-6-7-10/h10,13H,2-9H2,1H3. The first kappa shape index (κ1) is 12.5. The van der Waals surface area contributed by atoms with Crippen LogP contribution in [0.25, 0.3) is 0 Å². The molecule has 1 aromatic heterocycles. The highest BCUT2D eigenvalue weighted by atomic mass is 16.5. The van der Waals surface area contributed by atoms with E-state index in [1.165, 1.54) is 12.8 Å². The molecule has 2 rings (SSSR count). The summed E-state index contributed by atoms with van der Waals surface area (Å²) in [5, 5.41) is 11.5. The largest absolute Gasteiger partial charge is 0.425 e. The molecule has 0 unspecified atom stereocenters. The molecule has 1 saturated carbocycles. The van der Waals surface area contributed by atoms with Crippen LogP contribution in [0.3, 0.4) is 0 Å². The summed E-state index contributed by atoms with van der Waals surface area (Å²) >= 11 is 0. The summed E-state index contributed by atoms with van der Waals surface area (Å²) in [6.45, 7) is 1.79. The quantitative estimate of drug-likeness (QED) is 0.659. The van der Waals surface area contributed by atoms with E-state index < -0.39 is 0 Å². The summed E-state index contributed by atoms with van der Waals surface area (Å²) in [5.74, 6) is 1.49. The Kier molecular flexibility index (Phi) is 4.94. The minimum Gasteiger partial charge on any atom is -0.425 e. The number of rotatable bonds is 9. The second-order valence-corrected chi connectivity index (χ2v) is 4.52. The van der Waals surface area contributed by atoms with E-state index in [0.29, 0.717) is 0 Å². The first-order valence-corrected chi connectivity index (χ1v) is 6.42. The molecule has 0 atom stereocenters. The molecule has 1 N–H and O–H groups in total. The van der Waals surface area contributed by atoms with Crippen LogP contribution in [-0.2, 0) is 17.6 Å². The van der Waals surface area contributed by atoms with Crippen LogP contribution in [0, 0.1) is 0 Å². The monoisotopic (exact) mass is 239 g/mol. The molecule has 1 fully saturated rings. The number of nitrogens with zero attached hydrogens (tertiary/aromatic N) is 2. The zero-order chi connectivity index (χ0) is 11.9. The molecule has 0 radical (unpaired) electrons. The molecule has 1 heterocycles. The number of ether oxygens (including phenoxy) is 1. The second kappa shape index (κ2) is 6.71. The number of aryl methyl sites for hydroxylation is 2. The minimum atomic E-state index is 0.729. The summed E-state index contributed by atoms with van der Waals surface area (Å²) in [6.07, 6.45) is 6.35. The van der Waals surface area contributed by atoms with Crippen molar-refractivity contribution < 1.29 is 9.15 Å². The van der Waals surface area contributed by atoms with Crippen molar-refractivity contribution in [2.75, 3.05) is 20.3 Å². The lowest BCUT2D eigenvalue weighted by molar-refractivity contribution is 0.192. The number of hydrogen-bond donors (Lipinski definition) is 1. The van der Waals surface area contributed by atoms with Crippen LogP contribution < -0.4 is 5.32 Å². The maximum Gasteiger partial charge on any atom is 0.216 e. The maximum atomic E-state index is 5.55. The molecule has 0 aliphatic heterocycles. The van der Waals surface area contributed by atoms with Crippen molar-refractivity contribution in [2.45, 2.75) is 44.6 Å². The number of hydrogen-bond acceptors (Lipinski definition) is 5. The Morgan fingerprint density at radius 3 is 2.59 bits per heavy atom. The molecule has 17 heavy (non-hydrogen) atoms. The Labute approximate surface area is 102 Å². The Morgan fingerprint density at radius 1 is 1.24 bits per heavy atom. The third kappa shape index (κ3) is 4.83. The van der Waals surface area contributed by atoms with Gasteiger partial charge in [-0.25, -0.2) is 0 Å². The van der Waals surface area contributed by atoms with E-state index in [1.807, 2.05) is 0 Å². The van der Waals surface area contributed by atoms with Gasteiger partial charge in [0, 0.05) is 32.6 Å². The van der Waals surface area contributed by atoms with E-state index in [2.05, 4.69) is 15.5 Å². The Bertz CT molecular complexity index is 323. The third-order valence-corrected chi connectivity index (χ3v) is 2.83. The summed E-state index contributed by atoms with van der Waals surface area (Å²) < 4.78 is 10.5. The molecular weight excluding hydrogens is 218 g/mol. The summed E-state index contributed by atoms with van der Waals surface area (Å²) in [5.41, 5.74) is 0. The summed E-state index contributed by atoms with van der Waals surface area (Å²) in [4.78, 5) is 0. The molecule has 0 aromatic carbocycles. The van der Waals surface area contributed by atoms with E-state index >= 15 is 0 Å². The SMILES string of the molecule is COCCCc1nnc(CCCNC2CC2)o1. The highest BCUT2D eigenvalue weighted by Crippen LogP contribution is 2.18. The van der Waals surface area contributed by atoms with Crippen LogP contribution >= 0.6 is 0 Å². The van der Waals surface area contributed by atoms with Gasteiger partial charge in [-0.15, -0.1) is 10.2 Å². The first-order valence-electron chi connectivity index (χ1n) is 6.42. The van der Waals surface area contributed by atoms with E-state index in [9.17, 15) is 0 Å². The molecule has 1 aliphatic carbocycles. The molecule has 0 bridgehead atoms. The van der Waals surface area contributed by atoms with Crippen LogP contribution in [0.5, 0.6) is 0 Å². The fourth-order valence-corrected chi connectivity index (χ4v) is 1.69. The molecule has 1 aromatic rings. The van der Waals surface area contributed by atoms with Gasteiger partial charge < -0.3 is 14.5 Å². The Morgan fingerprint density at radius 2 is 1.94 bits per heavy atom. The van der Waals surface area contributed by atoms with Gasteiger partial charge in [0.1, 0.15) is 0 Å². The predicted molar refractivity (Wildman–Crippen MR) is 63.8 cm³/mol. The zero-order valence-corrected chi connectivity index (χ0v) is 10.4. The van der Waals surface area contributed by atoms with Gasteiger partial charge in [0.25, 0.3) is 0 Å². The van der Waals surface area contributed by atoms with Gasteiger partial charge in [0.2, 0.25) is 11.8 Å². The number of nitrogens with one attached hydrogen (secondary N) is 1. The van der Waals surface area contributed by atoms with Crippen molar-refractivity contribution in [2.24, 2.45) is 0 Å². The Balaban J connectivity index is 1.59. The molecule has 5 nitrogen and oxygen atoms in total. The van der Waals surface area contributed by atoms with Crippen LogP contribution in [0.2, 0.25) is 0 Å². The lowest BCUT2D eigenvalue weighted by atomic mass is 10.3. The number of methoxy groups -OCH3 is 1. The van der Waals surface area contributed by atoms with Gasteiger partial charge in [-0.05, 0) is 32.2 Å². The normalized spacial score (nSPS) is 15.4. The molecule has 0 saturated heterocycles. The van der Waals surface area contributed by atoms with E-state index in [0.717, 1.165) is 56.7 Å². The third-order valence-electron chi connectivity index (χ3n) is 2.83. The molecule has 1 aliphatic rings. The Hall–Kier alpha value is -0.940. The van der Waals surface area contributed by atoms with Crippen LogP contribution in [-0.4, -0.2) is 36.5 Å². The van der Waals surface area contributed by atoms with Crippen molar-refractivity contribution in [3.05, 3.63) is 11.8 Å². The average Bonchev–Trinajstić information content (AvgIpc) is 3.05. The zero-order valence-electron chi connectivity index (χ0n) is 10.4. The molecule has 96 valence electrons. The fourth-order valence-electron chi connectivity index (χ4n) is 1.69. The van der Waals surface area contributed by atoms with Crippen molar-refractivity contribution >= 4 is 0 Å². The first-order chi connectivity index (χ1) is 8.38. The maximum absolute atomic E-state index is 5.55. The van der Waals surface area contributed by atoms with Gasteiger partial charge in [-0.2, -0.15) is 0 Å². The van der Waals surface area contributed by atoms with E-state index in [4.69, 9.17) is 9.15 Å². The van der Waals surface area contributed by atoms with E-state index in [1.54, 1.807) is 7.11 Å². The van der Waals surface area contributed by atoms with Gasteiger partial charge in [-0.1, -0.05) is 0 Å². The van der Waals surface area contributed by atoms with Gasteiger partial charge in [0.15, 0.2) is 0 Å². The fraction of sp³-hybridized carbons (Fsp3) is 0.833. The van der Waals surface area contributed by atoms with Crippen molar-refractivity contribution in [1.29, 1.82) is 0 Å². The highest BCUT2D eigenvalue weighted by molar-refractivity contribution is 4.84. The van der Waals surface area contributed by atoms with Crippen LogP contribution in [0.1, 0.15) is 37.5 Å². The predicted octanol–water partition coefficient (Wildman–Crippen LogP) is 1.33. The highest BCUT2D eigenvalue weighted by Gasteiger charge is 2.19. The second-order valence-electron chi connectivity index (χ2n) is 4.52.